The van der Waals surface area contributed by atoms with Crippen LogP contribution in [0.15, 0.2) is 0 Å². The lowest BCUT2D eigenvalue weighted by molar-refractivity contribution is -0.145. The van der Waals surface area contributed by atoms with Gasteiger partial charge < -0.3 is 20.1 Å². The van der Waals surface area contributed by atoms with Crippen molar-refractivity contribution in [2.75, 3.05) is 52.5 Å². The van der Waals surface area contributed by atoms with Gasteiger partial charge in [0.05, 0.1) is 13.2 Å². The van der Waals surface area contributed by atoms with Crippen molar-refractivity contribution < 1.29 is 19.4 Å². The van der Waals surface area contributed by atoms with Gasteiger partial charge in [-0.25, -0.2) is 0 Å². The van der Waals surface area contributed by atoms with E-state index in [2.05, 4.69) is 42.8 Å². The van der Waals surface area contributed by atoms with Crippen LogP contribution in [0.1, 0.15) is 246 Å². The van der Waals surface area contributed by atoms with E-state index in [1.165, 1.54) is 167 Å². The monoisotopic (exact) mass is 820 g/mol. The summed E-state index contributed by atoms with van der Waals surface area (Å²) in [5, 5.41) is 12.9. The molecule has 7 nitrogen and oxygen atoms in total. The summed E-state index contributed by atoms with van der Waals surface area (Å²) in [6.07, 6.45) is 41.1. The molecule has 0 aliphatic heterocycles. The van der Waals surface area contributed by atoms with Gasteiger partial charge in [0.2, 0.25) is 5.91 Å². The molecule has 1 saturated carbocycles. The number of nitrogens with zero attached hydrogens (tertiary/aromatic N) is 2. The lowest BCUT2D eigenvalue weighted by Gasteiger charge is -2.27. The fourth-order valence-corrected chi connectivity index (χ4v) is 8.79. The van der Waals surface area contributed by atoms with E-state index in [9.17, 15) is 14.7 Å². The molecule has 7 heteroatoms. The van der Waals surface area contributed by atoms with Crippen LogP contribution < -0.4 is 5.32 Å². The Balaban J connectivity index is 2.43. The standard InChI is InChI=1S/C51H101N3O4/c1-5-9-13-17-19-25-32-47(31-23-15-11-7-3)45-50(56)52-37-27-21-28-38-53(40-41-54(42-43-55)49-35-36-49)39-29-22-30-44-58-51(57)46-48(33-24-16-12-8-4)34-26-20-18-14-10-6-2/h47-49,55H,5-46H2,1-4H3,(H,52,56). The maximum atomic E-state index is 13.0. The molecule has 0 aromatic heterocycles. The maximum Gasteiger partial charge on any atom is 0.306 e. The van der Waals surface area contributed by atoms with Gasteiger partial charge in [0.25, 0.3) is 0 Å². The Morgan fingerprint density at radius 3 is 1.48 bits per heavy atom. The molecule has 344 valence electrons. The van der Waals surface area contributed by atoms with Crippen molar-refractivity contribution >= 4 is 11.9 Å². The van der Waals surface area contributed by atoms with Crippen LogP contribution in [0.3, 0.4) is 0 Å². The number of nitrogens with one attached hydrogen (secondary N) is 1. The number of aliphatic hydroxyl groups is 1. The minimum absolute atomic E-state index is 0.0173. The normalized spacial score (nSPS) is 14.1. The number of aliphatic hydroxyl groups excluding tert-OH is 1. The number of hydrogen-bond acceptors (Lipinski definition) is 6. The molecule has 1 aliphatic rings. The highest BCUT2D eigenvalue weighted by molar-refractivity contribution is 5.76. The van der Waals surface area contributed by atoms with Gasteiger partial charge in [-0.3, -0.25) is 14.5 Å². The van der Waals surface area contributed by atoms with Crippen molar-refractivity contribution in [3.05, 3.63) is 0 Å². The van der Waals surface area contributed by atoms with Gasteiger partial charge in [-0.15, -0.1) is 0 Å². The Morgan fingerprint density at radius 2 is 0.983 bits per heavy atom. The molecule has 0 saturated heterocycles. The van der Waals surface area contributed by atoms with Crippen molar-refractivity contribution in [1.82, 2.24) is 15.1 Å². The molecule has 0 spiro atoms. The Kier molecular flexibility index (Phi) is 38.9. The smallest absolute Gasteiger partial charge is 0.306 e. The average Bonchev–Trinajstić information content (AvgIpc) is 4.07. The third-order valence-electron chi connectivity index (χ3n) is 12.8. The van der Waals surface area contributed by atoms with Gasteiger partial charge in [0.1, 0.15) is 0 Å². The summed E-state index contributed by atoms with van der Waals surface area (Å²) < 4.78 is 5.79. The molecular weight excluding hydrogens is 719 g/mol. The van der Waals surface area contributed by atoms with E-state index in [1.807, 2.05) is 0 Å². The number of hydrogen-bond donors (Lipinski definition) is 2. The molecule has 1 fully saturated rings. The molecule has 1 aliphatic carbocycles. The van der Waals surface area contributed by atoms with E-state index >= 15 is 0 Å². The predicted octanol–water partition coefficient (Wildman–Crippen LogP) is 13.2. The molecule has 2 atom stereocenters. The van der Waals surface area contributed by atoms with Crippen LogP contribution in [-0.2, 0) is 14.3 Å². The SMILES string of the molecule is CCCCCCCCC(CCCCCC)CC(=O)NCCCCCN(CCCCCOC(=O)CC(CCCCCC)CCCCCCCC)CCN(CCO)C1CC1. The Hall–Kier alpha value is -1.18. The molecule has 0 aromatic rings. The average molecular weight is 820 g/mol. The lowest BCUT2D eigenvalue weighted by Crippen LogP contribution is -2.38. The maximum absolute atomic E-state index is 13.0. The highest BCUT2D eigenvalue weighted by Crippen LogP contribution is 2.27. The van der Waals surface area contributed by atoms with Gasteiger partial charge in [0.15, 0.2) is 0 Å². The topological polar surface area (TPSA) is 82.1 Å². The second-order valence-corrected chi connectivity index (χ2v) is 18.5. The molecule has 1 rings (SSSR count). The van der Waals surface area contributed by atoms with Crippen LogP contribution in [0.5, 0.6) is 0 Å². The van der Waals surface area contributed by atoms with Crippen molar-refractivity contribution in [3.63, 3.8) is 0 Å². The third kappa shape index (κ3) is 34.5. The largest absolute Gasteiger partial charge is 0.466 e. The Labute approximate surface area is 361 Å². The third-order valence-corrected chi connectivity index (χ3v) is 12.8. The molecule has 2 N–H and O–H groups in total. The number of unbranched alkanes of at least 4 members (excludes halogenated alkanes) is 20. The first-order valence-corrected chi connectivity index (χ1v) is 26.0. The van der Waals surface area contributed by atoms with Crippen LogP contribution in [0.25, 0.3) is 0 Å². The van der Waals surface area contributed by atoms with Crippen molar-refractivity contribution in [2.45, 2.75) is 252 Å². The van der Waals surface area contributed by atoms with E-state index in [-0.39, 0.29) is 18.5 Å². The van der Waals surface area contributed by atoms with Gasteiger partial charge >= 0.3 is 5.97 Å². The molecule has 0 aromatic carbocycles. The first-order chi connectivity index (χ1) is 28.5. The minimum atomic E-state index is 0.0173. The number of ether oxygens (including phenoxy) is 1. The first kappa shape index (κ1) is 54.8. The highest BCUT2D eigenvalue weighted by Gasteiger charge is 2.28. The summed E-state index contributed by atoms with van der Waals surface area (Å²) in [5.74, 6) is 1.31. The first-order valence-electron chi connectivity index (χ1n) is 26.0. The summed E-state index contributed by atoms with van der Waals surface area (Å²) >= 11 is 0. The van der Waals surface area contributed by atoms with E-state index in [0.29, 0.717) is 37.3 Å². The van der Waals surface area contributed by atoms with Crippen molar-refractivity contribution in [3.8, 4) is 0 Å². The van der Waals surface area contributed by atoms with Crippen LogP contribution in [0, 0.1) is 11.8 Å². The molecule has 1 amide bonds. The number of carbonyl (C=O) groups is 2. The molecule has 0 radical (unpaired) electrons. The zero-order chi connectivity index (χ0) is 42.2. The number of carbonyl (C=O) groups excluding carboxylic acids is 2. The zero-order valence-electron chi connectivity index (χ0n) is 39.5. The summed E-state index contributed by atoms with van der Waals surface area (Å²) in [6, 6.07) is 0.663. The van der Waals surface area contributed by atoms with Gasteiger partial charge in [-0.2, -0.15) is 0 Å². The van der Waals surface area contributed by atoms with E-state index in [1.54, 1.807) is 0 Å². The second-order valence-electron chi connectivity index (χ2n) is 18.5. The van der Waals surface area contributed by atoms with Gasteiger partial charge in [-0.05, 0) is 95.6 Å². The zero-order valence-corrected chi connectivity index (χ0v) is 39.5. The molecular formula is C51H101N3O4. The summed E-state index contributed by atoms with van der Waals surface area (Å²) in [7, 11) is 0. The van der Waals surface area contributed by atoms with E-state index < -0.39 is 0 Å². The Bertz CT molecular complexity index is 841. The van der Waals surface area contributed by atoms with Crippen molar-refractivity contribution in [2.24, 2.45) is 11.8 Å². The Morgan fingerprint density at radius 1 is 0.534 bits per heavy atom. The molecule has 58 heavy (non-hydrogen) atoms. The quantitative estimate of drug-likeness (QED) is 0.0470. The van der Waals surface area contributed by atoms with Crippen LogP contribution in [0.4, 0.5) is 0 Å². The van der Waals surface area contributed by atoms with E-state index in [4.69, 9.17) is 4.74 Å². The summed E-state index contributed by atoms with van der Waals surface area (Å²) in [5.41, 5.74) is 0. The minimum Gasteiger partial charge on any atom is -0.466 e. The number of esters is 1. The number of rotatable bonds is 46. The van der Waals surface area contributed by atoms with Crippen molar-refractivity contribution in [1.29, 1.82) is 0 Å². The summed E-state index contributed by atoms with van der Waals surface area (Å²) in [6.45, 7) is 15.6. The van der Waals surface area contributed by atoms with E-state index in [0.717, 1.165) is 77.8 Å². The molecule has 0 bridgehead atoms. The fraction of sp³-hybridized carbons (Fsp3) is 0.961. The molecule has 0 heterocycles. The van der Waals surface area contributed by atoms with Crippen LogP contribution >= 0.6 is 0 Å². The van der Waals surface area contributed by atoms with Gasteiger partial charge in [0, 0.05) is 45.1 Å². The predicted molar refractivity (Wildman–Crippen MR) is 250 cm³/mol. The number of amides is 1. The fourth-order valence-electron chi connectivity index (χ4n) is 8.79. The second kappa shape index (κ2) is 41.2. The van der Waals surface area contributed by atoms with Crippen LogP contribution in [0.2, 0.25) is 0 Å². The highest BCUT2D eigenvalue weighted by atomic mass is 16.5. The van der Waals surface area contributed by atoms with Crippen LogP contribution in [-0.4, -0.2) is 85.3 Å². The van der Waals surface area contributed by atoms with Gasteiger partial charge in [-0.1, -0.05) is 163 Å². The molecule has 2 unspecified atom stereocenters. The lowest BCUT2D eigenvalue weighted by atomic mass is 9.91. The summed E-state index contributed by atoms with van der Waals surface area (Å²) in [4.78, 5) is 30.9.